The lowest BCUT2D eigenvalue weighted by Gasteiger charge is -2.20. The smallest absolute Gasteiger partial charge is 0.220 e. The Bertz CT molecular complexity index is 472. The molecule has 0 saturated heterocycles. The summed E-state index contributed by atoms with van der Waals surface area (Å²) in [6.07, 6.45) is 1.18. The zero-order valence-electron chi connectivity index (χ0n) is 12.9. The van der Waals surface area contributed by atoms with Crippen molar-refractivity contribution < 1.29 is 9.53 Å². The summed E-state index contributed by atoms with van der Waals surface area (Å²) in [5.74, 6) is 1.53. The SMILES string of the molecule is CC(C)(C)c1ccc(OCCCC(=O)NCCS)c(Br)c1. The highest BCUT2D eigenvalue weighted by Gasteiger charge is 2.15. The fourth-order valence-electron chi connectivity index (χ4n) is 1.78. The van der Waals surface area contributed by atoms with E-state index in [1.807, 2.05) is 6.07 Å². The third kappa shape index (κ3) is 6.74. The predicted molar refractivity (Wildman–Crippen MR) is 94.4 cm³/mol. The van der Waals surface area contributed by atoms with Gasteiger partial charge in [0, 0.05) is 18.7 Å². The number of nitrogens with one attached hydrogen (secondary N) is 1. The summed E-state index contributed by atoms with van der Waals surface area (Å²) in [5, 5.41) is 2.79. The van der Waals surface area contributed by atoms with E-state index >= 15 is 0 Å². The maximum atomic E-state index is 11.4. The molecule has 0 saturated carbocycles. The molecule has 0 atom stereocenters. The minimum Gasteiger partial charge on any atom is -0.492 e. The number of carbonyl (C=O) groups excluding carboxylic acids is 1. The van der Waals surface area contributed by atoms with Gasteiger partial charge in [-0.1, -0.05) is 26.8 Å². The molecule has 118 valence electrons. The molecule has 21 heavy (non-hydrogen) atoms. The van der Waals surface area contributed by atoms with E-state index in [2.05, 4.69) is 66.8 Å². The molecular formula is C16H24BrNO2S. The van der Waals surface area contributed by atoms with E-state index in [1.165, 1.54) is 5.56 Å². The van der Waals surface area contributed by atoms with Crippen LogP contribution in [0.1, 0.15) is 39.2 Å². The quantitative estimate of drug-likeness (QED) is 0.560. The van der Waals surface area contributed by atoms with Crippen molar-refractivity contribution in [2.45, 2.75) is 39.0 Å². The van der Waals surface area contributed by atoms with Gasteiger partial charge in [-0.15, -0.1) is 0 Å². The largest absolute Gasteiger partial charge is 0.492 e. The maximum Gasteiger partial charge on any atom is 0.220 e. The van der Waals surface area contributed by atoms with Gasteiger partial charge in [-0.25, -0.2) is 0 Å². The summed E-state index contributed by atoms with van der Waals surface area (Å²) < 4.78 is 6.67. The number of thiol groups is 1. The molecular weight excluding hydrogens is 350 g/mol. The third-order valence-electron chi connectivity index (χ3n) is 3.04. The van der Waals surface area contributed by atoms with Crippen LogP contribution in [0.4, 0.5) is 0 Å². The number of benzene rings is 1. The Morgan fingerprint density at radius 1 is 1.38 bits per heavy atom. The maximum absolute atomic E-state index is 11.4. The van der Waals surface area contributed by atoms with Crippen LogP contribution < -0.4 is 10.1 Å². The predicted octanol–water partition coefficient (Wildman–Crippen LogP) is 3.95. The van der Waals surface area contributed by atoms with Gasteiger partial charge in [-0.3, -0.25) is 4.79 Å². The Labute approximate surface area is 141 Å². The molecule has 0 bridgehead atoms. The zero-order valence-corrected chi connectivity index (χ0v) is 15.4. The van der Waals surface area contributed by atoms with E-state index in [0.29, 0.717) is 31.7 Å². The first-order valence-corrected chi connectivity index (χ1v) is 8.57. The molecule has 5 heteroatoms. The molecule has 1 aromatic carbocycles. The summed E-state index contributed by atoms with van der Waals surface area (Å²) in [7, 11) is 0. The van der Waals surface area contributed by atoms with Gasteiger partial charge < -0.3 is 10.1 Å². The Balaban J connectivity index is 2.41. The third-order valence-corrected chi connectivity index (χ3v) is 3.88. The Hall–Kier alpha value is -0.680. The van der Waals surface area contributed by atoms with E-state index in [4.69, 9.17) is 4.74 Å². The second-order valence-corrected chi connectivity index (χ2v) is 7.22. The molecule has 0 fully saturated rings. The highest BCUT2D eigenvalue weighted by molar-refractivity contribution is 9.10. The molecule has 3 nitrogen and oxygen atoms in total. The van der Waals surface area contributed by atoms with Crippen LogP contribution in [-0.2, 0) is 10.2 Å². The molecule has 1 aromatic rings. The highest BCUT2D eigenvalue weighted by Crippen LogP contribution is 2.31. The summed E-state index contributed by atoms with van der Waals surface area (Å²) in [6, 6.07) is 6.15. The second kappa shape index (κ2) is 8.69. The topological polar surface area (TPSA) is 38.3 Å². The molecule has 0 heterocycles. The molecule has 1 amide bonds. The summed E-state index contributed by atoms with van der Waals surface area (Å²) in [5.41, 5.74) is 1.37. The van der Waals surface area contributed by atoms with Crippen molar-refractivity contribution in [2.75, 3.05) is 18.9 Å². The van der Waals surface area contributed by atoms with Crippen LogP contribution in [0, 0.1) is 0 Å². The van der Waals surface area contributed by atoms with E-state index in [1.54, 1.807) is 0 Å². The normalized spacial score (nSPS) is 11.3. The lowest BCUT2D eigenvalue weighted by molar-refractivity contribution is -0.121. The monoisotopic (exact) mass is 373 g/mol. The number of halogens is 1. The van der Waals surface area contributed by atoms with Crippen molar-refractivity contribution in [1.29, 1.82) is 0 Å². The number of carbonyl (C=O) groups is 1. The van der Waals surface area contributed by atoms with Gasteiger partial charge in [-0.2, -0.15) is 12.6 Å². The van der Waals surface area contributed by atoms with E-state index < -0.39 is 0 Å². The first-order valence-electron chi connectivity index (χ1n) is 7.15. The van der Waals surface area contributed by atoms with Crippen molar-refractivity contribution in [2.24, 2.45) is 0 Å². The van der Waals surface area contributed by atoms with Crippen molar-refractivity contribution in [3.8, 4) is 5.75 Å². The van der Waals surface area contributed by atoms with Gasteiger partial charge in [0.25, 0.3) is 0 Å². The summed E-state index contributed by atoms with van der Waals surface area (Å²) in [4.78, 5) is 11.4. The Kier molecular flexibility index (Phi) is 7.60. The summed E-state index contributed by atoms with van der Waals surface area (Å²) >= 11 is 7.59. The van der Waals surface area contributed by atoms with Crippen LogP contribution in [0.5, 0.6) is 5.75 Å². The van der Waals surface area contributed by atoms with Crippen molar-refractivity contribution in [3.05, 3.63) is 28.2 Å². The van der Waals surface area contributed by atoms with Gasteiger partial charge in [0.15, 0.2) is 0 Å². The van der Waals surface area contributed by atoms with Gasteiger partial charge in [0.2, 0.25) is 5.91 Å². The molecule has 0 aromatic heterocycles. The standard InChI is InChI=1S/C16H24BrNO2S/c1-16(2,3)12-6-7-14(13(17)11-12)20-9-4-5-15(19)18-8-10-21/h6-7,11,21H,4-5,8-10H2,1-3H3,(H,18,19). The second-order valence-electron chi connectivity index (χ2n) is 5.92. The number of amides is 1. The molecule has 0 radical (unpaired) electrons. The molecule has 1 rings (SSSR count). The number of ether oxygens (including phenoxy) is 1. The molecule has 0 spiro atoms. The molecule has 0 aliphatic rings. The lowest BCUT2D eigenvalue weighted by atomic mass is 9.87. The van der Waals surface area contributed by atoms with Gasteiger partial charge in [0.1, 0.15) is 5.75 Å². The van der Waals surface area contributed by atoms with Crippen LogP contribution in [-0.4, -0.2) is 24.8 Å². The zero-order chi connectivity index (χ0) is 15.9. The van der Waals surface area contributed by atoms with Crippen LogP contribution in [0.25, 0.3) is 0 Å². The number of rotatable bonds is 7. The van der Waals surface area contributed by atoms with Crippen LogP contribution in [0.2, 0.25) is 0 Å². The molecule has 0 aliphatic heterocycles. The Morgan fingerprint density at radius 2 is 2.10 bits per heavy atom. The average molecular weight is 374 g/mol. The summed E-state index contributed by atoms with van der Waals surface area (Å²) in [6.45, 7) is 7.68. The van der Waals surface area contributed by atoms with E-state index in [0.717, 1.165) is 10.2 Å². The number of hydrogen-bond acceptors (Lipinski definition) is 3. The van der Waals surface area contributed by atoms with E-state index in [9.17, 15) is 4.79 Å². The van der Waals surface area contributed by atoms with E-state index in [-0.39, 0.29) is 11.3 Å². The molecule has 0 unspecified atom stereocenters. The minimum absolute atomic E-state index is 0.0507. The Morgan fingerprint density at radius 3 is 2.67 bits per heavy atom. The fourth-order valence-corrected chi connectivity index (χ4v) is 2.39. The van der Waals surface area contributed by atoms with Crippen LogP contribution in [0.3, 0.4) is 0 Å². The fraction of sp³-hybridized carbons (Fsp3) is 0.562. The highest BCUT2D eigenvalue weighted by atomic mass is 79.9. The van der Waals surface area contributed by atoms with Gasteiger partial charge in [-0.05, 0) is 45.5 Å². The first-order chi connectivity index (χ1) is 9.84. The average Bonchev–Trinajstić information content (AvgIpc) is 2.41. The van der Waals surface area contributed by atoms with Crippen molar-refractivity contribution in [3.63, 3.8) is 0 Å². The van der Waals surface area contributed by atoms with Crippen LogP contribution in [0.15, 0.2) is 22.7 Å². The molecule has 1 N–H and O–H groups in total. The first kappa shape index (κ1) is 18.4. The van der Waals surface area contributed by atoms with Gasteiger partial charge >= 0.3 is 0 Å². The minimum atomic E-state index is 0.0507. The van der Waals surface area contributed by atoms with Crippen molar-refractivity contribution >= 4 is 34.5 Å². The molecule has 0 aliphatic carbocycles. The van der Waals surface area contributed by atoms with Crippen LogP contribution >= 0.6 is 28.6 Å². The number of hydrogen-bond donors (Lipinski definition) is 2. The van der Waals surface area contributed by atoms with Crippen molar-refractivity contribution in [1.82, 2.24) is 5.32 Å². The lowest BCUT2D eigenvalue weighted by Crippen LogP contribution is -2.25. The van der Waals surface area contributed by atoms with Gasteiger partial charge in [0.05, 0.1) is 11.1 Å².